The number of rotatable bonds is 5. The SMILES string of the molecule is N#CCOc1ccccc1C=NNC(=O)c1ccccc1. The summed E-state index contributed by atoms with van der Waals surface area (Å²) in [7, 11) is 0. The fourth-order valence-corrected chi connectivity index (χ4v) is 1.64. The summed E-state index contributed by atoms with van der Waals surface area (Å²) >= 11 is 0. The summed E-state index contributed by atoms with van der Waals surface area (Å²) in [5.41, 5.74) is 3.65. The first kappa shape index (κ1) is 14.3. The smallest absolute Gasteiger partial charge is 0.271 e. The lowest BCUT2D eigenvalue weighted by Gasteiger charge is -2.04. The normalized spacial score (nSPS) is 10.0. The van der Waals surface area contributed by atoms with Crippen molar-refractivity contribution in [3.8, 4) is 11.8 Å². The molecule has 0 radical (unpaired) electrons. The molecule has 0 saturated carbocycles. The largest absolute Gasteiger partial charge is 0.478 e. The van der Waals surface area contributed by atoms with Crippen molar-refractivity contribution in [1.82, 2.24) is 5.43 Å². The average molecular weight is 279 g/mol. The van der Waals surface area contributed by atoms with Gasteiger partial charge in [0.2, 0.25) is 0 Å². The van der Waals surface area contributed by atoms with Crippen LogP contribution >= 0.6 is 0 Å². The first-order chi connectivity index (χ1) is 10.3. The van der Waals surface area contributed by atoms with Crippen molar-refractivity contribution < 1.29 is 9.53 Å². The number of hydrazone groups is 1. The van der Waals surface area contributed by atoms with Gasteiger partial charge in [-0.05, 0) is 24.3 Å². The van der Waals surface area contributed by atoms with E-state index >= 15 is 0 Å². The minimum Gasteiger partial charge on any atom is -0.478 e. The number of carbonyl (C=O) groups is 1. The highest BCUT2D eigenvalue weighted by molar-refractivity contribution is 5.95. The predicted molar refractivity (Wildman–Crippen MR) is 79.1 cm³/mol. The van der Waals surface area contributed by atoms with Gasteiger partial charge in [-0.3, -0.25) is 4.79 Å². The number of nitrogens with zero attached hydrogens (tertiary/aromatic N) is 2. The van der Waals surface area contributed by atoms with E-state index in [0.29, 0.717) is 16.9 Å². The number of nitriles is 1. The summed E-state index contributed by atoms with van der Waals surface area (Å²) in [6, 6.07) is 17.8. The molecule has 0 aliphatic heterocycles. The number of hydrogen-bond donors (Lipinski definition) is 1. The van der Waals surface area contributed by atoms with Gasteiger partial charge in [-0.15, -0.1) is 0 Å². The molecule has 5 nitrogen and oxygen atoms in total. The first-order valence-corrected chi connectivity index (χ1v) is 6.28. The van der Waals surface area contributed by atoms with Gasteiger partial charge in [0.15, 0.2) is 6.61 Å². The van der Waals surface area contributed by atoms with E-state index in [1.54, 1.807) is 42.5 Å². The second-order valence-electron chi connectivity index (χ2n) is 4.05. The fraction of sp³-hybridized carbons (Fsp3) is 0.0625. The second kappa shape index (κ2) is 7.46. The lowest BCUT2D eigenvalue weighted by molar-refractivity contribution is 0.0955. The van der Waals surface area contributed by atoms with E-state index < -0.39 is 0 Å². The summed E-state index contributed by atoms with van der Waals surface area (Å²) in [5, 5.41) is 12.4. The Bertz CT molecular complexity index is 675. The molecule has 21 heavy (non-hydrogen) atoms. The zero-order chi connectivity index (χ0) is 14.9. The Morgan fingerprint density at radius 3 is 2.67 bits per heavy atom. The summed E-state index contributed by atoms with van der Waals surface area (Å²) in [6.45, 7) is -0.0404. The van der Waals surface area contributed by atoms with Crippen LogP contribution in [-0.2, 0) is 0 Å². The molecule has 0 aliphatic carbocycles. The van der Waals surface area contributed by atoms with Gasteiger partial charge in [-0.25, -0.2) is 5.43 Å². The highest BCUT2D eigenvalue weighted by Crippen LogP contribution is 2.15. The van der Waals surface area contributed by atoms with Crippen LogP contribution in [0.5, 0.6) is 5.75 Å². The van der Waals surface area contributed by atoms with Crippen molar-refractivity contribution in [1.29, 1.82) is 5.26 Å². The van der Waals surface area contributed by atoms with Crippen LogP contribution in [-0.4, -0.2) is 18.7 Å². The van der Waals surface area contributed by atoms with Crippen molar-refractivity contribution in [3.05, 3.63) is 65.7 Å². The predicted octanol–water partition coefficient (Wildman–Crippen LogP) is 2.35. The molecule has 0 heterocycles. The third-order valence-electron chi connectivity index (χ3n) is 2.62. The third kappa shape index (κ3) is 4.18. The van der Waals surface area contributed by atoms with E-state index in [-0.39, 0.29) is 12.5 Å². The summed E-state index contributed by atoms with van der Waals surface area (Å²) < 4.78 is 5.26. The van der Waals surface area contributed by atoms with Crippen molar-refractivity contribution >= 4 is 12.1 Å². The maximum absolute atomic E-state index is 11.8. The molecule has 0 bridgehead atoms. The third-order valence-corrected chi connectivity index (χ3v) is 2.62. The monoisotopic (exact) mass is 279 g/mol. The Morgan fingerprint density at radius 2 is 1.90 bits per heavy atom. The molecule has 1 amide bonds. The minimum atomic E-state index is -0.290. The van der Waals surface area contributed by atoms with Gasteiger partial charge in [0.1, 0.15) is 11.8 Å². The molecule has 0 atom stereocenters. The molecule has 2 aromatic rings. The van der Waals surface area contributed by atoms with Gasteiger partial charge in [0, 0.05) is 11.1 Å². The van der Waals surface area contributed by atoms with Gasteiger partial charge in [0.25, 0.3) is 5.91 Å². The van der Waals surface area contributed by atoms with Gasteiger partial charge in [0.05, 0.1) is 6.21 Å². The van der Waals surface area contributed by atoms with Crippen LogP contribution in [0.3, 0.4) is 0 Å². The lowest BCUT2D eigenvalue weighted by atomic mass is 10.2. The molecule has 0 aromatic heterocycles. The molecule has 5 heteroatoms. The average Bonchev–Trinajstić information content (AvgIpc) is 2.54. The van der Waals surface area contributed by atoms with Crippen LogP contribution in [0.15, 0.2) is 59.7 Å². The van der Waals surface area contributed by atoms with E-state index in [4.69, 9.17) is 10.00 Å². The Balaban J connectivity index is 2.02. The van der Waals surface area contributed by atoms with Crippen molar-refractivity contribution in [3.63, 3.8) is 0 Å². The number of para-hydroxylation sites is 1. The number of hydrogen-bond acceptors (Lipinski definition) is 4. The number of ether oxygens (including phenoxy) is 1. The number of benzene rings is 2. The summed E-state index contributed by atoms with van der Waals surface area (Å²) in [5.74, 6) is 0.249. The molecular formula is C16H13N3O2. The van der Waals surface area contributed by atoms with Gasteiger partial charge < -0.3 is 4.74 Å². The van der Waals surface area contributed by atoms with Crippen molar-refractivity contribution in [2.24, 2.45) is 5.10 Å². The Hall–Kier alpha value is -3.13. The quantitative estimate of drug-likeness (QED) is 0.674. The topological polar surface area (TPSA) is 74.5 Å². The Kier molecular flexibility index (Phi) is 5.07. The highest BCUT2D eigenvalue weighted by Gasteiger charge is 2.03. The molecular weight excluding hydrogens is 266 g/mol. The molecule has 0 saturated heterocycles. The zero-order valence-electron chi connectivity index (χ0n) is 11.2. The van der Waals surface area contributed by atoms with E-state index in [1.165, 1.54) is 6.21 Å². The molecule has 1 N–H and O–H groups in total. The Morgan fingerprint density at radius 1 is 1.19 bits per heavy atom. The molecule has 0 unspecified atom stereocenters. The number of nitrogens with one attached hydrogen (secondary N) is 1. The van der Waals surface area contributed by atoms with Crippen LogP contribution in [0, 0.1) is 11.3 Å². The molecule has 2 aromatic carbocycles. The van der Waals surface area contributed by atoms with Crippen molar-refractivity contribution in [2.75, 3.05) is 6.61 Å². The summed E-state index contributed by atoms with van der Waals surface area (Å²) in [6.07, 6.45) is 1.48. The number of carbonyl (C=O) groups excluding carboxylic acids is 1. The maximum Gasteiger partial charge on any atom is 0.271 e. The van der Waals surface area contributed by atoms with Gasteiger partial charge in [-0.2, -0.15) is 10.4 Å². The van der Waals surface area contributed by atoms with E-state index in [1.807, 2.05) is 18.2 Å². The van der Waals surface area contributed by atoms with Crippen LogP contribution in [0.1, 0.15) is 15.9 Å². The van der Waals surface area contributed by atoms with Crippen LogP contribution < -0.4 is 10.2 Å². The zero-order valence-corrected chi connectivity index (χ0v) is 11.2. The first-order valence-electron chi connectivity index (χ1n) is 6.28. The van der Waals surface area contributed by atoms with Crippen LogP contribution in [0.2, 0.25) is 0 Å². The maximum atomic E-state index is 11.8. The Labute approximate surface area is 122 Å². The molecule has 0 spiro atoms. The fourth-order valence-electron chi connectivity index (χ4n) is 1.64. The van der Waals surface area contributed by atoms with Crippen LogP contribution in [0.4, 0.5) is 0 Å². The highest BCUT2D eigenvalue weighted by atomic mass is 16.5. The molecule has 0 fully saturated rings. The molecule has 104 valence electrons. The van der Waals surface area contributed by atoms with Crippen molar-refractivity contribution in [2.45, 2.75) is 0 Å². The summed E-state index contributed by atoms with van der Waals surface area (Å²) in [4.78, 5) is 11.8. The second-order valence-corrected chi connectivity index (χ2v) is 4.05. The minimum absolute atomic E-state index is 0.0404. The van der Waals surface area contributed by atoms with E-state index in [0.717, 1.165) is 0 Å². The van der Waals surface area contributed by atoms with Gasteiger partial charge in [-0.1, -0.05) is 30.3 Å². The van der Waals surface area contributed by atoms with E-state index in [2.05, 4.69) is 10.5 Å². The van der Waals surface area contributed by atoms with Gasteiger partial charge >= 0.3 is 0 Å². The lowest BCUT2D eigenvalue weighted by Crippen LogP contribution is -2.17. The van der Waals surface area contributed by atoms with E-state index in [9.17, 15) is 4.79 Å². The standard InChI is InChI=1S/C16H13N3O2/c17-10-11-21-15-9-5-4-8-14(15)12-18-19-16(20)13-6-2-1-3-7-13/h1-9,12H,11H2,(H,19,20). The molecule has 2 rings (SSSR count). The number of amides is 1. The van der Waals surface area contributed by atoms with Crippen LogP contribution in [0.25, 0.3) is 0 Å². The molecule has 0 aliphatic rings.